The highest BCUT2D eigenvalue weighted by Gasteiger charge is 2.13. The molecule has 110 valence electrons. The van der Waals surface area contributed by atoms with E-state index in [-0.39, 0.29) is 0 Å². The van der Waals surface area contributed by atoms with Crippen molar-refractivity contribution >= 4 is 29.0 Å². The molecule has 1 fully saturated rings. The fraction of sp³-hybridized carbons (Fsp3) is 0.588. The van der Waals surface area contributed by atoms with E-state index in [1.54, 1.807) is 0 Å². The van der Waals surface area contributed by atoms with Crippen LogP contribution in [0.5, 0.6) is 0 Å². The van der Waals surface area contributed by atoms with Gasteiger partial charge in [-0.2, -0.15) is 0 Å². The van der Waals surface area contributed by atoms with Crippen LogP contribution in [0.2, 0.25) is 0 Å². The first kappa shape index (κ1) is 15.8. The maximum atomic E-state index is 5.60. The largest absolute Gasteiger partial charge is 0.366 e. The predicted octanol–water partition coefficient (Wildman–Crippen LogP) is 4.93. The summed E-state index contributed by atoms with van der Waals surface area (Å²) in [7, 11) is 0. The quantitative estimate of drug-likeness (QED) is 0.416. The average molecular weight is 308 g/mol. The molecular formula is C17H25NS2. The SMILES string of the molecule is CCCCSc1ccc(CC(=S)N2CCCCC2)cc1. The summed E-state index contributed by atoms with van der Waals surface area (Å²) in [5.41, 5.74) is 1.35. The topological polar surface area (TPSA) is 3.24 Å². The van der Waals surface area contributed by atoms with Gasteiger partial charge in [0, 0.05) is 24.4 Å². The van der Waals surface area contributed by atoms with Crippen molar-refractivity contribution in [3.63, 3.8) is 0 Å². The zero-order valence-electron chi connectivity index (χ0n) is 12.4. The van der Waals surface area contributed by atoms with Crippen molar-refractivity contribution in [3.05, 3.63) is 29.8 Å². The van der Waals surface area contributed by atoms with Crippen molar-refractivity contribution in [1.82, 2.24) is 4.90 Å². The highest BCUT2D eigenvalue weighted by Crippen LogP contribution is 2.20. The number of unbranched alkanes of at least 4 members (excludes halogenated alkanes) is 1. The van der Waals surface area contributed by atoms with Gasteiger partial charge in [0.05, 0.1) is 4.99 Å². The first-order valence-corrected chi connectivity index (χ1v) is 9.18. The lowest BCUT2D eigenvalue weighted by Crippen LogP contribution is -2.35. The Morgan fingerprint density at radius 2 is 1.85 bits per heavy atom. The fourth-order valence-corrected chi connectivity index (χ4v) is 3.81. The van der Waals surface area contributed by atoms with E-state index in [4.69, 9.17) is 12.2 Å². The fourth-order valence-electron chi connectivity index (χ4n) is 2.47. The Morgan fingerprint density at radius 1 is 1.15 bits per heavy atom. The molecule has 0 N–H and O–H groups in total. The first-order chi connectivity index (χ1) is 9.79. The second-order valence-electron chi connectivity index (χ2n) is 5.46. The summed E-state index contributed by atoms with van der Waals surface area (Å²) < 4.78 is 0. The van der Waals surface area contributed by atoms with Crippen LogP contribution in [0.1, 0.15) is 44.6 Å². The molecule has 1 aliphatic heterocycles. The number of hydrogen-bond acceptors (Lipinski definition) is 2. The molecule has 0 aliphatic carbocycles. The molecule has 0 aromatic heterocycles. The molecule has 0 amide bonds. The number of rotatable bonds is 6. The van der Waals surface area contributed by atoms with Crippen LogP contribution in [-0.4, -0.2) is 28.7 Å². The van der Waals surface area contributed by atoms with Gasteiger partial charge in [0.25, 0.3) is 0 Å². The second kappa shape index (κ2) is 8.68. The standard InChI is InChI=1S/C17H25NS2/c1-2-3-13-20-16-9-7-15(8-10-16)14-17(19)18-11-5-4-6-12-18/h7-10H,2-6,11-14H2,1H3. The summed E-state index contributed by atoms with van der Waals surface area (Å²) in [6.07, 6.45) is 7.46. The molecule has 3 heteroatoms. The lowest BCUT2D eigenvalue weighted by atomic mass is 10.1. The Morgan fingerprint density at radius 3 is 2.50 bits per heavy atom. The van der Waals surface area contributed by atoms with E-state index in [1.807, 2.05) is 11.8 Å². The zero-order valence-corrected chi connectivity index (χ0v) is 14.1. The maximum absolute atomic E-state index is 5.60. The van der Waals surface area contributed by atoms with Gasteiger partial charge in [0.15, 0.2) is 0 Å². The van der Waals surface area contributed by atoms with Crippen LogP contribution in [0.15, 0.2) is 29.2 Å². The van der Waals surface area contributed by atoms with Crippen LogP contribution in [0.3, 0.4) is 0 Å². The van der Waals surface area contributed by atoms with Crippen molar-refractivity contribution in [2.75, 3.05) is 18.8 Å². The van der Waals surface area contributed by atoms with Crippen molar-refractivity contribution < 1.29 is 0 Å². The molecule has 0 atom stereocenters. The van der Waals surface area contributed by atoms with E-state index in [9.17, 15) is 0 Å². The zero-order chi connectivity index (χ0) is 14.2. The first-order valence-electron chi connectivity index (χ1n) is 7.79. The molecule has 0 unspecified atom stereocenters. The van der Waals surface area contributed by atoms with Crippen molar-refractivity contribution in [1.29, 1.82) is 0 Å². The number of hydrogen-bond donors (Lipinski definition) is 0. The van der Waals surface area contributed by atoms with Gasteiger partial charge in [-0.15, -0.1) is 11.8 Å². The van der Waals surface area contributed by atoms with Crippen LogP contribution in [0.4, 0.5) is 0 Å². The van der Waals surface area contributed by atoms with Gasteiger partial charge in [-0.3, -0.25) is 0 Å². The minimum atomic E-state index is 0.926. The van der Waals surface area contributed by atoms with Crippen molar-refractivity contribution in [3.8, 4) is 0 Å². The van der Waals surface area contributed by atoms with Gasteiger partial charge < -0.3 is 4.90 Å². The molecule has 1 nitrogen and oxygen atoms in total. The molecule has 0 radical (unpaired) electrons. The third-order valence-electron chi connectivity index (χ3n) is 3.75. The molecule has 0 spiro atoms. The van der Waals surface area contributed by atoms with Gasteiger partial charge in [-0.05, 0) is 49.1 Å². The van der Waals surface area contributed by atoms with Crippen molar-refractivity contribution in [2.45, 2.75) is 50.3 Å². The van der Waals surface area contributed by atoms with Crippen LogP contribution >= 0.6 is 24.0 Å². The third-order valence-corrected chi connectivity index (χ3v) is 5.25. The minimum Gasteiger partial charge on any atom is -0.366 e. The Bertz CT molecular complexity index is 408. The summed E-state index contributed by atoms with van der Waals surface area (Å²) in [4.78, 5) is 4.89. The Kier molecular flexibility index (Phi) is 6.88. The van der Waals surface area contributed by atoms with E-state index in [0.29, 0.717) is 0 Å². The van der Waals surface area contributed by atoms with Crippen LogP contribution in [-0.2, 0) is 6.42 Å². The summed E-state index contributed by atoms with van der Waals surface area (Å²) >= 11 is 7.55. The van der Waals surface area contributed by atoms with E-state index in [2.05, 4.69) is 36.1 Å². The number of nitrogens with zero attached hydrogens (tertiary/aromatic N) is 1. The van der Waals surface area contributed by atoms with Crippen LogP contribution in [0, 0.1) is 0 Å². The highest BCUT2D eigenvalue weighted by atomic mass is 32.2. The summed E-state index contributed by atoms with van der Waals surface area (Å²) in [5, 5.41) is 0. The van der Waals surface area contributed by atoms with E-state index >= 15 is 0 Å². The third kappa shape index (κ3) is 5.10. The molecule has 0 saturated carbocycles. The van der Waals surface area contributed by atoms with Crippen LogP contribution in [0.25, 0.3) is 0 Å². The lowest BCUT2D eigenvalue weighted by Gasteiger charge is -2.29. The number of benzene rings is 1. The van der Waals surface area contributed by atoms with E-state index in [1.165, 1.54) is 48.3 Å². The maximum Gasteiger partial charge on any atom is 0.0823 e. The minimum absolute atomic E-state index is 0.926. The highest BCUT2D eigenvalue weighted by molar-refractivity contribution is 7.99. The van der Waals surface area contributed by atoms with Crippen LogP contribution < -0.4 is 0 Å². The predicted molar refractivity (Wildman–Crippen MR) is 93.8 cm³/mol. The van der Waals surface area contributed by atoms with E-state index in [0.717, 1.165) is 24.5 Å². The molecule has 1 aromatic carbocycles. The Labute approximate surface area is 133 Å². The smallest absolute Gasteiger partial charge is 0.0823 e. The van der Waals surface area contributed by atoms with Gasteiger partial charge >= 0.3 is 0 Å². The number of thiocarbonyl (C=S) groups is 1. The second-order valence-corrected chi connectivity index (χ2v) is 7.10. The van der Waals surface area contributed by atoms with Gasteiger partial charge in [-0.1, -0.05) is 37.7 Å². The number of thioether (sulfide) groups is 1. The molecular weight excluding hydrogens is 282 g/mol. The summed E-state index contributed by atoms with van der Waals surface area (Å²) in [5.74, 6) is 1.22. The van der Waals surface area contributed by atoms with Gasteiger partial charge in [0.1, 0.15) is 0 Å². The average Bonchev–Trinajstić information content (AvgIpc) is 2.50. The molecule has 1 aliphatic rings. The van der Waals surface area contributed by atoms with E-state index < -0.39 is 0 Å². The summed E-state index contributed by atoms with van der Waals surface area (Å²) in [6.45, 7) is 4.55. The number of piperidine rings is 1. The monoisotopic (exact) mass is 307 g/mol. The van der Waals surface area contributed by atoms with Gasteiger partial charge in [-0.25, -0.2) is 0 Å². The van der Waals surface area contributed by atoms with Gasteiger partial charge in [0.2, 0.25) is 0 Å². The Balaban J connectivity index is 1.81. The normalized spacial score (nSPS) is 15.3. The molecule has 2 rings (SSSR count). The Hall–Kier alpha value is -0.540. The number of likely N-dealkylation sites (tertiary alicyclic amines) is 1. The molecule has 1 aromatic rings. The van der Waals surface area contributed by atoms with Crippen molar-refractivity contribution in [2.24, 2.45) is 0 Å². The molecule has 1 saturated heterocycles. The molecule has 0 bridgehead atoms. The molecule has 1 heterocycles. The lowest BCUT2D eigenvalue weighted by molar-refractivity contribution is 0.343. The summed E-state index contributed by atoms with van der Waals surface area (Å²) in [6, 6.07) is 8.97. The molecule has 20 heavy (non-hydrogen) atoms.